The highest BCUT2D eigenvalue weighted by Gasteiger charge is 2.38. The molecule has 0 bridgehead atoms. The van der Waals surface area contributed by atoms with Crippen LogP contribution in [0.3, 0.4) is 0 Å². The number of benzene rings is 4. The Kier molecular flexibility index (Phi) is 7.57. The molecular formula is C35H31N5O4. The number of carbonyl (C=O) groups excluding carboxylic acids is 1. The van der Waals surface area contributed by atoms with E-state index >= 15 is 0 Å². The number of ether oxygens (including phenoxy) is 2. The number of hydrogen-bond donors (Lipinski definition) is 2. The Morgan fingerprint density at radius 2 is 1.55 bits per heavy atom. The lowest BCUT2D eigenvalue weighted by molar-refractivity contribution is -0.276. The van der Waals surface area contributed by atoms with Crippen LogP contribution in [0.25, 0.3) is 22.1 Å². The second-order valence-electron chi connectivity index (χ2n) is 11.0. The summed E-state index contributed by atoms with van der Waals surface area (Å²) in [6, 6.07) is 30.8. The SMILES string of the molecule is CC1C(Cn2cnc3ccccc32)OC(c2ccc(NC(=O)c3cnc4ccccc4n3)cc2)OC1c1ccc(CO)cc1. The molecule has 0 radical (unpaired) electrons. The van der Waals surface area contributed by atoms with Crippen molar-refractivity contribution < 1.29 is 19.4 Å². The van der Waals surface area contributed by atoms with E-state index in [1.165, 1.54) is 6.20 Å². The minimum atomic E-state index is -0.635. The minimum Gasteiger partial charge on any atom is -0.392 e. The molecule has 9 nitrogen and oxygen atoms in total. The monoisotopic (exact) mass is 585 g/mol. The number of aliphatic hydroxyl groups excluding tert-OH is 1. The first-order valence-corrected chi connectivity index (χ1v) is 14.6. The van der Waals surface area contributed by atoms with Crippen LogP contribution in [0.15, 0.2) is 110 Å². The van der Waals surface area contributed by atoms with E-state index in [9.17, 15) is 9.90 Å². The molecule has 2 aromatic heterocycles. The van der Waals surface area contributed by atoms with Crippen LogP contribution in [-0.4, -0.2) is 36.6 Å². The number of aliphatic hydroxyl groups is 1. The van der Waals surface area contributed by atoms with Crippen LogP contribution in [0.1, 0.15) is 46.5 Å². The number of amides is 1. The lowest BCUT2D eigenvalue weighted by Gasteiger charge is -2.41. The van der Waals surface area contributed by atoms with Crippen molar-refractivity contribution in [1.29, 1.82) is 0 Å². The Hall–Kier alpha value is -4.96. The number of nitrogens with zero attached hydrogens (tertiary/aromatic N) is 4. The van der Waals surface area contributed by atoms with Gasteiger partial charge < -0.3 is 24.5 Å². The van der Waals surface area contributed by atoms with Crippen molar-refractivity contribution in [2.24, 2.45) is 5.92 Å². The van der Waals surface area contributed by atoms with Crippen molar-refractivity contribution >= 4 is 33.7 Å². The molecule has 1 amide bonds. The summed E-state index contributed by atoms with van der Waals surface area (Å²) in [5.41, 5.74) is 6.94. The summed E-state index contributed by atoms with van der Waals surface area (Å²) >= 11 is 0. The number of carbonyl (C=O) groups is 1. The van der Waals surface area contributed by atoms with Gasteiger partial charge in [-0.1, -0.05) is 67.6 Å². The first kappa shape index (κ1) is 27.8. The second kappa shape index (κ2) is 12.0. The molecule has 9 heteroatoms. The number of fused-ring (bicyclic) bond motifs is 2. The molecule has 4 aromatic carbocycles. The lowest BCUT2D eigenvalue weighted by Crippen LogP contribution is -2.39. The number of aromatic nitrogens is 4. The van der Waals surface area contributed by atoms with Crippen LogP contribution < -0.4 is 5.32 Å². The lowest BCUT2D eigenvalue weighted by atomic mass is 9.90. The summed E-state index contributed by atoms with van der Waals surface area (Å²) in [6.45, 7) is 2.73. The molecule has 44 heavy (non-hydrogen) atoms. The first-order chi connectivity index (χ1) is 21.6. The fourth-order valence-electron chi connectivity index (χ4n) is 5.66. The molecule has 1 aliphatic rings. The molecule has 0 spiro atoms. The second-order valence-corrected chi connectivity index (χ2v) is 11.0. The Labute approximate surface area is 254 Å². The van der Waals surface area contributed by atoms with Crippen LogP contribution in [0.4, 0.5) is 5.69 Å². The minimum absolute atomic E-state index is 0.0141. The highest BCUT2D eigenvalue weighted by Crippen LogP contribution is 2.42. The Bertz CT molecular complexity index is 1920. The topological polar surface area (TPSA) is 111 Å². The molecule has 1 aliphatic heterocycles. The Balaban J connectivity index is 1.13. The van der Waals surface area contributed by atoms with Crippen molar-refractivity contribution in [3.8, 4) is 0 Å². The van der Waals surface area contributed by atoms with Crippen molar-refractivity contribution in [2.75, 3.05) is 5.32 Å². The van der Waals surface area contributed by atoms with Crippen molar-refractivity contribution in [3.05, 3.63) is 132 Å². The molecule has 220 valence electrons. The van der Waals surface area contributed by atoms with E-state index < -0.39 is 6.29 Å². The number of para-hydroxylation sites is 4. The van der Waals surface area contributed by atoms with Gasteiger partial charge in [0.15, 0.2) is 6.29 Å². The predicted octanol–water partition coefficient (Wildman–Crippen LogP) is 6.22. The molecule has 6 aromatic rings. The summed E-state index contributed by atoms with van der Waals surface area (Å²) in [6.07, 6.45) is 2.28. The van der Waals surface area contributed by atoms with E-state index in [0.29, 0.717) is 17.7 Å². The smallest absolute Gasteiger partial charge is 0.275 e. The average Bonchev–Trinajstić information content (AvgIpc) is 3.48. The maximum Gasteiger partial charge on any atom is 0.275 e. The van der Waals surface area contributed by atoms with Gasteiger partial charge in [0, 0.05) is 17.2 Å². The van der Waals surface area contributed by atoms with Gasteiger partial charge in [0.2, 0.25) is 0 Å². The maximum absolute atomic E-state index is 12.9. The third kappa shape index (κ3) is 5.56. The molecular weight excluding hydrogens is 554 g/mol. The van der Waals surface area contributed by atoms with E-state index in [-0.39, 0.29) is 36.3 Å². The van der Waals surface area contributed by atoms with Crippen LogP contribution in [0, 0.1) is 5.92 Å². The van der Waals surface area contributed by atoms with Crippen molar-refractivity contribution in [2.45, 2.75) is 38.6 Å². The van der Waals surface area contributed by atoms with Gasteiger partial charge in [-0.3, -0.25) is 9.78 Å². The first-order valence-electron chi connectivity index (χ1n) is 14.6. The molecule has 3 heterocycles. The van der Waals surface area contributed by atoms with Crippen molar-refractivity contribution in [1.82, 2.24) is 19.5 Å². The summed E-state index contributed by atoms with van der Waals surface area (Å²) in [5.74, 6) is -0.317. The third-order valence-electron chi connectivity index (χ3n) is 8.15. The van der Waals surface area contributed by atoms with Gasteiger partial charge in [0.1, 0.15) is 5.69 Å². The predicted molar refractivity (Wildman–Crippen MR) is 167 cm³/mol. The summed E-state index contributed by atoms with van der Waals surface area (Å²) in [7, 11) is 0. The zero-order chi connectivity index (χ0) is 30.0. The van der Waals surface area contributed by atoms with Gasteiger partial charge in [-0.25, -0.2) is 9.97 Å². The molecule has 4 atom stereocenters. The zero-order valence-electron chi connectivity index (χ0n) is 24.1. The van der Waals surface area contributed by atoms with Crippen LogP contribution >= 0.6 is 0 Å². The van der Waals surface area contributed by atoms with Gasteiger partial charge in [-0.15, -0.1) is 0 Å². The van der Waals surface area contributed by atoms with E-state index in [0.717, 1.165) is 33.2 Å². The maximum atomic E-state index is 12.9. The van der Waals surface area contributed by atoms with Crippen LogP contribution in [0.2, 0.25) is 0 Å². The number of imidazole rings is 1. The highest BCUT2D eigenvalue weighted by molar-refractivity contribution is 6.03. The standard InChI is InChI=1S/C35H31N5O4/c1-22-32(19-40-21-37-29-8-4-5-9-31(29)40)43-35(44-33(22)24-12-10-23(20-41)11-13-24)25-14-16-26(17-15-25)38-34(42)30-18-36-27-6-2-3-7-28(27)39-30/h2-18,21-22,32-33,35,41H,19-20H2,1H3,(H,38,42). The van der Waals surface area contributed by atoms with Gasteiger partial charge in [-0.05, 0) is 47.5 Å². The molecule has 0 aliphatic carbocycles. The summed E-state index contributed by atoms with van der Waals surface area (Å²) in [5, 5.41) is 12.5. The number of anilines is 1. The van der Waals surface area contributed by atoms with Gasteiger partial charge in [-0.2, -0.15) is 0 Å². The van der Waals surface area contributed by atoms with Gasteiger partial charge in [0.05, 0.1) is 60.0 Å². The van der Waals surface area contributed by atoms with E-state index in [2.05, 4.69) is 37.8 Å². The fraction of sp³-hybridized carbons (Fsp3) is 0.200. The highest BCUT2D eigenvalue weighted by atomic mass is 16.7. The van der Waals surface area contributed by atoms with E-state index in [1.54, 1.807) is 0 Å². The van der Waals surface area contributed by atoms with Gasteiger partial charge in [0.25, 0.3) is 5.91 Å². The molecule has 2 N–H and O–H groups in total. The van der Waals surface area contributed by atoms with Crippen molar-refractivity contribution in [3.63, 3.8) is 0 Å². The van der Waals surface area contributed by atoms with Crippen LogP contribution in [0.5, 0.6) is 0 Å². The fourth-order valence-corrected chi connectivity index (χ4v) is 5.66. The molecule has 4 unspecified atom stereocenters. The summed E-state index contributed by atoms with van der Waals surface area (Å²) in [4.78, 5) is 26.3. The summed E-state index contributed by atoms with van der Waals surface area (Å²) < 4.78 is 15.3. The third-order valence-corrected chi connectivity index (χ3v) is 8.15. The van der Waals surface area contributed by atoms with E-state index in [1.807, 2.05) is 97.3 Å². The molecule has 0 saturated carbocycles. The average molecular weight is 586 g/mol. The van der Waals surface area contributed by atoms with Crippen LogP contribution in [-0.2, 0) is 22.6 Å². The number of rotatable bonds is 7. The zero-order valence-corrected chi connectivity index (χ0v) is 24.1. The van der Waals surface area contributed by atoms with E-state index in [4.69, 9.17) is 9.47 Å². The molecule has 1 fully saturated rings. The van der Waals surface area contributed by atoms with Gasteiger partial charge >= 0.3 is 0 Å². The molecule has 1 saturated heterocycles. The quantitative estimate of drug-likeness (QED) is 0.229. The number of nitrogens with one attached hydrogen (secondary N) is 1. The Morgan fingerprint density at radius 3 is 2.32 bits per heavy atom. The Morgan fingerprint density at radius 1 is 0.841 bits per heavy atom. The molecule has 7 rings (SSSR count). The number of hydrogen-bond acceptors (Lipinski definition) is 7. The largest absolute Gasteiger partial charge is 0.392 e. The normalized spacial score (nSPS) is 20.1.